The molecular weight excluding hydrogens is 472 g/mol. The number of anilines is 2. The van der Waals surface area contributed by atoms with Crippen molar-refractivity contribution < 1.29 is 9.53 Å². The molecular formula is C19H17Cl4N5O2. The molecule has 11 heteroatoms. The maximum atomic E-state index is 12.4. The number of benzene rings is 2. The van der Waals surface area contributed by atoms with Gasteiger partial charge in [-0.2, -0.15) is 9.67 Å². The first-order chi connectivity index (χ1) is 14.4. The number of hydrogen-bond donors (Lipinski definition) is 2. The molecule has 0 bridgehead atoms. The molecule has 3 rings (SSSR count). The van der Waals surface area contributed by atoms with Crippen LogP contribution in [-0.4, -0.2) is 34.4 Å². The third-order valence-electron chi connectivity index (χ3n) is 4.02. The van der Waals surface area contributed by atoms with Gasteiger partial charge in [-0.05, 0) is 35.4 Å². The van der Waals surface area contributed by atoms with Gasteiger partial charge in [-0.3, -0.25) is 4.79 Å². The average molecular weight is 489 g/mol. The van der Waals surface area contributed by atoms with E-state index in [-0.39, 0.29) is 24.4 Å². The number of aromatic nitrogens is 3. The van der Waals surface area contributed by atoms with E-state index in [1.54, 1.807) is 36.4 Å². The van der Waals surface area contributed by atoms with E-state index in [2.05, 4.69) is 20.7 Å². The van der Waals surface area contributed by atoms with Gasteiger partial charge >= 0.3 is 0 Å². The van der Waals surface area contributed by atoms with Crippen molar-refractivity contribution in [1.29, 1.82) is 0 Å². The van der Waals surface area contributed by atoms with Crippen molar-refractivity contribution in [1.82, 2.24) is 14.8 Å². The molecule has 0 unspecified atom stereocenters. The van der Waals surface area contributed by atoms with E-state index < -0.39 is 0 Å². The van der Waals surface area contributed by atoms with Gasteiger partial charge in [0.1, 0.15) is 6.61 Å². The van der Waals surface area contributed by atoms with Crippen LogP contribution >= 0.6 is 46.4 Å². The van der Waals surface area contributed by atoms with Gasteiger partial charge in [-0.15, -0.1) is 5.10 Å². The van der Waals surface area contributed by atoms with Crippen LogP contribution in [0.4, 0.5) is 11.9 Å². The van der Waals surface area contributed by atoms with E-state index in [4.69, 9.17) is 51.1 Å². The van der Waals surface area contributed by atoms with E-state index in [0.29, 0.717) is 33.2 Å². The highest BCUT2D eigenvalue weighted by atomic mass is 35.5. The summed E-state index contributed by atoms with van der Waals surface area (Å²) in [6.45, 7) is 0.514. The highest BCUT2D eigenvalue weighted by Gasteiger charge is 2.17. The number of carbonyl (C=O) groups excluding carboxylic acids is 1. The molecule has 1 heterocycles. The standard InChI is InChI=1S/C19H17Cl4N5O2/c1-30-10-17(29)28-19(25-9-12-3-5-14(21)7-16(12)23)26-18(27-28)24-8-11-2-4-13(20)6-15(11)22/h2-7H,8-10H2,1H3,(H2,24,25,26,27). The van der Waals surface area contributed by atoms with Gasteiger partial charge in [-0.1, -0.05) is 58.5 Å². The Morgan fingerprint density at radius 1 is 0.967 bits per heavy atom. The molecule has 0 radical (unpaired) electrons. The number of carbonyl (C=O) groups is 1. The topological polar surface area (TPSA) is 81.1 Å². The summed E-state index contributed by atoms with van der Waals surface area (Å²) < 4.78 is 6.06. The average Bonchev–Trinajstić information content (AvgIpc) is 3.10. The van der Waals surface area contributed by atoms with E-state index >= 15 is 0 Å². The smallest absolute Gasteiger partial charge is 0.276 e. The number of methoxy groups -OCH3 is 1. The summed E-state index contributed by atoms with van der Waals surface area (Å²) in [6, 6.07) is 10.3. The van der Waals surface area contributed by atoms with Gasteiger partial charge in [0.15, 0.2) is 0 Å². The largest absolute Gasteiger partial charge is 0.375 e. The SMILES string of the molecule is COCC(=O)n1nc(NCc2ccc(Cl)cc2Cl)nc1NCc1ccc(Cl)cc1Cl. The maximum absolute atomic E-state index is 12.4. The third kappa shape index (κ3) is 5.77. The second-order valence-corrected chi connectivity index (χ2v) is 7.86. The Morgan fingerprint density at radius 2 is 1.53 bits per heavy atom. The Labute approximate surface area is 193 Å². The second kappa shape index (κ2) is 10.3. The fourth-order valence-electron chi connectivity index (χ4n) is 2.54. The Balaban J connectivity index is 1.77. The Kier molecular flexibility index (Phi) is 7.80. The first-order valence-electron chi connectivity index (χ1n) is 8.72. The lowest BCUT2D eigenvalue weighted by molar-refractivity contribution is 0.0748. The normalized spacial score (nSPS) is 10.8. The van der Waals surface area contributed by atoms with E-state index in [1.807, 2.05) is 0 Å². The summed E-state index contributed by atoms with van der Waals surface area (Å²) >= 11 is 24.2. The van der Waals surface area contributed by atoms with Crippen molar-refractivity contribution in [2.24, 2.45) is 0 Å². The van der Waals surface area contributed by atoms with Gasteiger partial charge in [0.25, 0.3) is 5.91 Å². The maximum Gasteiger partial charge on any atom is 0.276 e. The monoisotopic (exact) mass is 487 g/mol. The molecule has 0 atom stereocenters. The molecule has 1 aromatic heterocycles. The molecule has 0 saturated heterocycles. The molecule has 30 heavy (non-hydrogen) atoms. The minimum atomic E-state index is -0.382. The van der Waals surface area contributed by atoms with Crippen molar-refractivity contribution >= 4 is 64.2 Å². The minimum Gasteiger partial charge on any atom is -0.375 e. The molecule has 158 valence electrons. The zero-order valence-corrected chi connectivity index (χ0v) is 18.8. The third-order valence-corrected chi connectivity index (χ3v) is 5.19. The zero-order valence-electron chi connectivity index (χ0n) is 15.8. The molecule has 0 saturated carbocycles. The number of ether oxygens (including phenoxy) is 1. The lowest BCUT2D eigenvalue weighted by Gasteiger charge is -2.08. The summed E-state index contributed by atoms with van der Waals surface area (Å²) in [5.41, 5.74) is 1.60. The van der Waals surface area contributed by atoms with Crippen LogP contribution in [0.3, 0.4) is 0 Å². The molecule has 0 fully saturated rings. The number of nitrogens with zero attached hydrogens (tertiary/aromatic N) is 3. The van der Waals surface area contributed by atoms with Crippen LogP contribution in [0.2, 0.25) is 20.1 Å². The number of nitrogens with one attached hydrogen (secondary N) is 2. The Hall–Kier alpha value is -2.03. The van der Waals surface area contributed by atoms with Crippen LogP contribution in [0.1, 0.15) is 15.9 Å². The van der Waals surface area contributed by atoms with Gasteiger partial charge < -0.3 is 15.4 Å². The fraction of sp³-hybridized carbons (Fsp3) is 0.211. The van der Waals surface area contributed by atoms with Crippen LogP contribution in [-0.2, 0) is 17.8 Å². The van der Waals surface area contributed by atoms with Gasteiger partial charge in [-0.25, -0.2) is 0 Å². The summed E-state index contributed by atoms with van der Waals surface area (Å²) in [4.78, 5) is 16.7. The molecule has 3 aromatic rings. The lowest BCUT2D eigenvalue weighted by atomic mass is 10.2. The van der Waals surface area contributed by atoms with E-state index in [9.17, 15) is 4.79 Å². The molecule has 2 aromatic carbocycles. The highest BCUT2D eigenvalue weighted by Crippen LogP contribution is 2.23. The van der Waals surface area contributed by atoms with Crippen LogP contribution < -0.4 is 10.6 Å². The van der Waals surface area contributed by atoms with Crippen molar-refractivity contribution in [2.45, 2.75) is 13.1 Å². The molecule has 0 aliphatic heterocycles. The summed E-state index contributed by atoms with van der Waals surface area (Å²) in [6.07, 6.45) is 0. The molecule has 0 aliphatic carbocycles. The van der Waals surface area contributed by atoms with E-state index in [0.717, 1.165) is 15.8 Å². The first kappa shape index (κ1) is 22.7. The molecule has 0 amide bonds. The molecule has 0 aliphatic rings. The molecule has 2 N–H and O–H groups in total. The van der Waals surface area contributed by atoms with Gasteiger partial charge in [0, 0.05) is 40.3 Å². The summed E-state index contributed by atoms with van der Waals surface area (Å²) in [5, 5.41) is 12.4. The molecule has 0 spiro atoms. The predicted octanol–water partition coefficient (Wildman–Crippen LogP) is 5.40. The van der Waals surface area contributed by atoms with Crippen molar-refractivity contribution in [3.63, 3.8) is 0 Å². The first-order valence-corrected chi connectivity index (χ1v) is 10.2. The van der Waals surface area contributed by atoms with Crippen LogP contribution in [0, 0.1) is 0 Å². The second-order valence-electron chi connectivity index (χ2n) is 6.18. The summed E-state index contributed by atoms with van der Waals surface area (Å²) in [5.74, 6) is 0.107. The van der Waals surface area contributed by atoms with Crippen LogP contribution in [0.25, 0.3) is 0 Å². The number of halogens is 4. The quantitative estimate of drug-likeness (QED) is 0.441. The van der Waals surface area contributed by atoms with Crippen LogP contribution in [0.15, 0.2) is 36.4 Å². The van der Waals surface area contributed by atoms with Gasteiger partial charge in [0.05, 0.1) is 0 Å². The Morgan fingerprint density at radius 3 is 2.07 bits per heavy atom. The zero-order chi connectivity index (χ0) is 21.7. The van der Waals surface area contributed by atoms with E-state index in [1.165, 1.54) is 7.11 Å². The lowest BCUT2D eigenvalue weighted by Crippen LogP contribution is -2.20. The van der Waals surface area contributed by atoms with Crippen molar-refractivity contribution in [2.75, 3.05) is 24.4 Å². The predicted molar refractivity (Wildman–Crippen MR) is 120 cm³/mol. The van der Waals surface area contributed by atoms with Crippen molar-refractivity contribution in [3.05, 3.63) is 67.6 Å². The Bertz CT molecular complexity index is 1060. The highest BCUT2D eigenvalue weighted by molar-refractivity contribution is 6.35. The van der Waals surface area contributed by atoms with Crippen molar-refractivity contribution in [3.8, 4) is 0 Å². The van der Waals surface area contributed by atoms with Crippen LogP contribution in [0.5, 0.6) is 0 Å². The number of rotatable bonds is 8. The van der Waals surface area contributed by atoms with Gasteiger partial charge in [0.2, 0.25) is 11.9 Å². The number of hydrogen-bond acceptors (Lipinski definition) is 6. The summed E-state index contributed by atoms with van der Waals surface area (Å²) in [7, 11) is 1.43. The fourth-order valence-corrected chi connectivity index (χ4v) is 3.49. The molecule has 7 nitrogen and oxygen atoms in total. The minimum absolute atomic E-state index is 0.151.